The van der Waals surface area contributed by atoms with Gasteiger partial charge < -0.3 is 14.9 Å². The molecule has 24 heavy (non-hydrogen) atoms. The minimum Gasteiger partial charge on any atom is -0.481 e. The van der Waals surface area contributed by atoms with Gasteiger partial charge in [-0.05, 0) is 39.7 Å². The van der Waals surface area contributed by atoms with Crippen LogP contribution in [0.25, 0.3) is 5.82 Å². The van der Waals surface area contributed by atoms with E-state index in [1.54, 1.807) is 0 Å². The summed E-state index contributed by atoms with van der Waals surface area (Å²) in [5.41, 5.74) is 2.33. The van der Waals surface area contributed by atoms with E-state index in [0.717, 1.165) is 24.2 Å². The van der Waals surface area contributed by atoms with Gasteiger partial charge in [-0.25, -0.2) is 0 Å². The fourth-order valence-electron chi connectivity index (χ4n) is 2.68. The number of unbranched alkanes of at least 4 members (excludes halogenated alkanes) is 2. The van der Waals surface area contributed by atoms with Crippen LogP contribution in [-0.2, 0) is 4.79 Å². The molecule has 0 aliphatic heterocycles. The lowest BCUT2D eigenvalue weighted by Gasteiger charge is -2.06. The van der Waals surface area contributed by atoms with Crippen molar-refractivity contribution in [2.24, 2.45) is 0 Å². The molecule has 0 spiro atoms. The first kappa shape index (κ1) is 17.8. The van der Waals surface area contributed by atoms with Gasteiger partial charge in [-0.15, -0.1) is 0 Å². The number of rotatable bonds is 8. The summed E-state index contributed by atoms with van der Waals surface area (Å²) >= 11 is 0. The lowest BCUT2D eigenvalue weighted by molar-refractivity contribution is -0.137. The quantitative estimate of drug-likeness (QED) is 0.724. The summed E-state index contributed by atoms with van der Waals surface area (Å²) in [5, 5.41) is 15.5. The molecule has 2 rings (SSSR count). The maximum atomic E-state index is 12.3. The van der Waals surface area contributed by atoms with Gasteiger partial charge in [0.1, 0.15) is 5.76 Å². The van der Waals surface area contributed by atoms with Crippen LogP contribution in [0.1, 0.15) is 53.2 Å². The molecule has 0 aromatic carbocycles. The SMILES string of the molecule is Cc1cc(-n2c(C)cc(C(=O)NCCCCCC(=O)O)c2C)no1. The van der Waals surface area contributed by atoms with E-state index in [1.807, 2.05) is 37.5 Å². The molecule has 2 N–H and O–H groups in total. The van der Waals surface area contributed by atoms with Crippen molar-refractivity contribution >= 4 is 11.9 Å². The lowest BCUT2D eigenvalue weighted by atomic mass is 10.2. The van der Waals surface area contributed by atoms with Crippen molar-refractivity contribution in [1.29, 1.82) is 0 Å². The highest BCUT2D eigenvalue weighted by molar-refractivity contribution is 5.95. The highest BCUT2D eigenvalue weighted by Crippen LogP contribution is 2.20. The van der Waals surface area contributed by atoms with Gasteiger partial charge in [0, 0.05) is 30.4 Å². The average molecular weight is 333 g/mol. The third-order valence-corrected chi connectivity index (χ3v) is 3.87. The molecular formula is C17H23N3O4. The second-order valence-electron chi connectivity index (χ2n) is 5.88. The van der Waals surface area contributed by atoms with Gasteiger partial charge in [-0.1, -0.05) is 11.6 Å². The average Bonchev–Trinajstić information content (AvgIpc) is 3.05. The Kier molecular flexibility index (Phi) is 5.78. The number of amides is 1. The molecule has 130 valence electrons. The maximum absolute atomic E-state index is 12.3. The molecular weight excluding hydrogens is 310 g/mol. The number of nitrogens with zero attached hydrogens (tertiary/aromatic N) is 2. The first-order chi connectivity index (χ1) is 11.4. The number of nitrogens with one attached hydrogen (secondary N) is 1. The molecule has 0 unspecified atom stereocenters. The molecule has 7 nitrogen and oxygen atoms in total. The van der Waals surface area contributed by atoms with Crippen LogP contribution in [0.15, 0.2) is 16.7 Å². The molecule has 0 saturated carbocycles. The summed E-state index contributed by atoms with van der Waals surface area (Å²) in [5.74, 6) is 0.461. The fourth-order valence-corrected chi connectivity index (χ4v) is 2.68. The van der Waals surface area contributed by atoms with Gasteiger partial charge in [0.25, 0.3) is 5.91 Å². The summed E-state index contributed by atoms with van der Waals surface area (Å²) in [6.07, 6.45) is 2.35. The number of carboxylic acid groups (broad SMARTS) is 1. The van der Waals surface area contributed by atoms with Gasteiger partial charge in [-0.2, -0.15) is 0 Å². The summed E-state index contributed by atoms with van der Waals surface area (Å²) < 4.78 is 6.99. The Bertz CT molecular complexity index is 730. The first-order valence-corrected chi connectivity index (χ1v) is 8.02. The predicted molar refractivity (Wildman–Crippen MR) is 88.5 cm³/mol. The number of hydrogen-bond acceptors (Lipinski definition) is 4. The Morgan fingerprint density at radius 1 is 1.21 bits per heavy atom. The Morgan fingerprint density at radius 2 is 1.96 bits per heavy atom. The molecule has 0 bridgehead atoms. The highest BCUT2D eigenvalue weighted by Gasteiger charge is 2.18. The molecule has 2 aromatic heterocycles. The van der Waals surface area contributed by atoms with E-state index in [-0.39, 0.29) is 12.3 Å². The minimum atomic E-state index is -0.783. The molecule has 0 radical (unpaired) electrons. The number of carboxylic acids is 1. The molecule has 2 heterocycles. The standard InChI is InChI=1S/C17H23N3O4/c1-11-9-14(13(3)20(11)15-10-12(2)24-19-15)17(23)18-8-6-4-5-7-16(21)22/h9-10H,4-8H2,1-3H3,(H,18,23)(H,21,22). The second kappa shape index (κ2) is 7.81. The van der Waals surface area contributed by atoms with Crippen LogP contribution >= 0.6 is 0 Å². The van der Waals surface area contributed by atoms with Crippen molar-refractivity contribution in [2.45, 2.75) is 46.5 Å². The summed E-state index contributed by atoms with van der Waals surface area (Å²) in [6, 6.07) is 3.66. The van der Waals surface area contributed by atoms with Crippen molar-refractivity contribution in [3.63, 3.8) is 0 Å². The van der Waals surface area contributed by atoms with E-state index in [4.69, 9.17) is 9.63 Å². The number of aromatic nitrogens is 2. The zero-order valence-corrected chi connectivity index (χ0v) is 14.3. The molecule has 7 heteroatoms. The minimum absolute atomic E-state index is 0.132. The van der Waals surface area contributed by atoms with Crippen molar-refractivity contribution in [3.8, 4) is 5.82 Å². The largest absolute Gasteiger partial charge is 0.481 e. The number of carbonyl (C=O) groups is 2. The molecule has 0 atom stereocenters. The van der Waals surface area contributed by atoms with Crippen LogP contribution in [0.2, 0.25) is 0 Å². The summed E-state index contributed by atoms with van der Waals surface area (Å²) in [6.45, 7) is 6.15. The van der Waals surface area contributed by atoms with Crippen LogP contribution in [0.4, 0.5) is 0 Å². The van der Waals surface area contributed by atoms with Crippen LogP contribution in [0.3, 0.4) is 0 Å². The van der Waals surface area contributed by atoms with Gasteiger partial charge in [0.15, 0.2) is 5.82 Å². The van der Waals surface area contributed by atoms with Gasteiger partial charge in [0.05, 0.1) is 5.56 Å². The van der Waals surface area contributed by atoms with Crippen molar-refractivity contribution in [3.05, 3.63) is 34.8 Å². The molecule has 0 saturated heterocycles. The zero-order chi connectivity index (χ0) is 17.7. The Morgan fingerprint density at radius 3 is 2.58 bits per heavy atom. The molecule has 1 amide bonds. The molecule has 0 aliphatic carbocycles. The summed E-state index contributed by atoms with van der Waals surface area (Å²) in [4.78, 5) is 22.8. The van der Waals surface area contributed by atoms with Crippen molar-refractivity contribution < 1.29 is 19.2 Å². The Balaban J connectivity index is 1.95. The van der Waals surface area contributed by atoms with Gasteiger partial charge >= 0.3 is 5.97 Å². The molecule has 2 aromatic rings. The lowest BCUT2D eigenvalue weighted by Crippen LogP contribution is -2.25. The fraction of sp³-hybridized carbons (Fsp3) is 0.471. The smallest absolute Gasteiger partial charge is 0.303 e. The van der Waals surface area contributed by atoms with Crippen LogP contribution in [0.5, 0.6) is 0 Å². The van der Waals surface area contributed by atoms with Crippen LogP contribution in [0, 0.1) is 20.8 Å². The number of aryl methyl sites for hydroxylation is 2. The van der Waals surface area contributed by atoms with E-state index in [0.29, 0.717) is 30.1 Å². The molecule has 0 aliphatic rings. The normalized spacial score (nSPS) is 10.8. The van der Waals surface area contributed by atoms with Crippen molar-refractivity contribution in [2.75, 3.05) is 6.54 Å². The third-order valence-electron chi connectivity index (χ3n) is 3.87. The van der Waals surface area contributed by atoms with E-state index in [1.165, 1.54) is 0 Å². The molecule has 0 fully saturated rings. The monoisotopic (exact) mass is 333 g/mol. The van der Waals surface area contributed by atoms with Crippen molar-refractivity contribution in [1.82, 2.24) is 15.0 Å². The third kappa shape index (κ3) is 4.24. The second-order valence-corrected chi connectivity index (χ2v) is 5.88. The maximum Gasteiger partial charge on any atom is 0.303 e. The zero-order valence-electron chi connectivity index (χ0n) is 14.3. The first-order valence-electron chi connectivity index (χ1n) is 8.02. The topological polar surface area (TPSA) is 97.4 Å². The number of aliphatic carboxylic acids is 1. The van der Waals surface area contributed by atoms with Gasteiger partial charge in [0.2, 0.25) is 0 Å². The van der Waals surface area contributed by atoms with Gasteiger partial charge in [-0.3, -0.25) is 14.2 Å². The summed E-state index contributed by atoms with van der Waals surface area (Å²) in [7, 11) is 0. The van der Waals surface area contributed by atoms with Crippen LogP contribution < -0.4 is 5.32 Å². The Labute approximate surface area is 140 Å². The highest BCUT2D eigenvalue weighted by atomic mass is 16.5. The van der Waals surface area contributed by atoms with E-state index in [2.05, 4.69) is 10.5 Å². The van der Waals surface area contributed by atoms with E-state index < -0.39 is 5.97 Å². The number of hydrogen-bond donors (Lipinski definition) is 2. The Hall–Kier alpha value is -2.57. The van der Waals surface area contributed by atoms with Crippen LogP contribution in [-0.4, -0.2) is 33.3 Å². The van der Waals surface area contributed by atoms with E-state index in [9.17, 15) is 9.59 Å². The van der Waals surface area contributed by atoms with E-state index >= 15 is 0 Å². The number of carbonyl (C=O) groups excluding carboxylic acids is 1. The predicted octanol–water partition coefficient (Wildman–Crippen LogP) is 2.77.